The van der Waals surface area contributed by atoms with Gasteiger partial charge in [-0.25, -0.2) is 24.9 Å². The van der Waals surface area contributed by atoms with Gasteiger partial charge in [-0.2, -0.15) is 11.8 Å². The van der Waals surface area contributed by atoms with E-state index in [1.165, 1.54) is 50.4 Å². The highest BCUT2D eigenvalue weighted by Gasteiger charge is 2.53. The number of primary amides is 2. The summed E-state index contributed by atoms with van der Waals surface area (Å²) in [5.74, 6) is -7.65. The molecule has 24 N–H and O–H groups in total. The second-order valence-electron chi connectivity index (χ2n) is 21.7. The number of aliphatic hydroxyl groups is 9. The molecule has 0 bridgehead atoms. The van der Waals surface area contributed by atoms with Gasteiger partial charge in [-0.15, -0.1) is 22.7 Å². The number of carbonyl (C=O) groups excluding carboxylic acids is 7. The van der Waals surface area contributed by atoms with Crippen LogP contribution >= 0.6 is 34.4 Å². The van der Waals surface area contributed by atoms with Crippen molar-refractivity contribution in [1.29, 1.82) is 0 Å². The summed E-state index contributed by atoms with van der Waals surface area (Å²) in [5.41, 5.74) is 22.9. The number of imidazole rings is 1. The Kier molecular flexibility index (Phi) is 27.9. The number of nitrogen functional groups attached to an aromatic ring is 1. The molecule has 4 aromatic heterocycles. The number of anilines is 1. The summed E-state index contributed by atoms with van der Waals surface area (Å²) in [7, 11) is 0. The predicted molar refractivity (Wildman–Crippen MR) is 325 cm³/mol. The molecule has 19 atom stereocenters. The van der Waals surface area contributed by atoms with Crippen molar-refractivity contribution in [3.8, 4) is 10.7 Å². The number of aromatic amines is 1. The van der Waals surface area contributed by atoms with Crippen LogP contribution in [0.25, 0.3) is 10.7 Å². The van der Waals surface area contributed by atoms with Crippen molar-refractivity contribution < 1.29 is 98.5 Å². The van der Waals surface area contributed by atoms with Gasteiger partial charge in [-0.3, -0.25) is 33.6 Å². The van der Waals surface area contributed by atoms with Crippen LogP contribution in [-0.2, 0) is 49.3 Å². The number of nitrogens with one attached hydrogen (secondary N) is 7. The number of H-pyrrole nitrogens is 1. The summed E-state index contributed by atoms with van der Waals surface area (Å²) < 4.78 is 23.6. The highest BCUT2D eigenvalue weighted by atomic mass is 32.2. The van der Waals surface area contributed by atoms with Crippen LogP contribution in [0.15, 0.2) is 23.3 Å². The van der Waals surface area contributed by atoms with Crippen LogP contribution < -0.4 is 54.8 Å². The topological polar surface area (TPSA) is 595 Å². The van der Waals surface area contributed by atoms with Crippen LogP contribution in [0.2, 0.25) is 0 Å². The number of aliphatic hydroxyl groups excluding tert-OH is 9. The third-order valence-electron chi connectivity index (χ3n) is 14.9. The largest absolute Gasteiger partial charge is 0.394 e. The van der Waals surface area contributed by atoms with Crippen LogP contribution in [0, 0.1) is 12.8 Å². The molecule has 0 radical (unpaired) electrons. The van der Waals surface area contributed by atoms with E-state index >= 15 is 4.79 Å². The fourth-order valence-corrected chi connectivity index (χ4v) is 11.4. The number of amides is 7. The molecule has 510 valence electrons. The molecule has 2 aliphatic heterocycles. The van der Waals surface area contributed by atoms with Gasteiger partial charge in [0.2, 0.25) is 29.5 Å². The molecule has 2 fully saturated rings. The van der Waals surface area contributed by atoms with Gasteiger partial charge >= 0.3 is 0 Å². The van der Waals surface area contributed by atoms with Gasteiger partial charge in [-0.05, 0) is 39.2 Å². The maximum atomic E-state index is 15.1. The number of thioether (sulfide) groups is 1. The van der Waals surface area contributed by atoms with Crippen molar-refractivity contribution in [2.75, 3.05) is 50.6 Å². The van der Waals surface area contributed by atoms with E-state index in [1.807, 2.05) is 6.26 Å². The number of hydrogen-bond donors (Lipinski definition) is 20. The monoisotopic (exact) mass is 1360 g/mol. The van der Waals surface area contributed by atoms with E-state index in [9.17, 15) is 74.7 Å². The standard InChI is InChI=1S/C53H80N16O20S3/c1-19-32(66-45(69-43(19)56)24(11-30(55)73)61-12-23(54)44(57)80)49(84)68-34(41(25-13-58-18-62-25)88-53-42(39(78)37(76)29(15-71)87-53)89-52-40(79)38(77)36(75)28(14-70)86-52)50(85)63-21(3)35(74)20(2)46(81)67-33(22(4)72)48(83)60-9-7-31-64-27(17-91-31)51-65-26(16-92-51)47(82)59-8-6-10-90-5/h13,16-18,20-24,28-29,33-42,52-53,61,70-72,74-79H,6-12,14-15,54H2,1-5H3,(H2,55,73)(H2,57,80)(H,58,62)(H,59,82)(H,60,83)(H,63,85)(H,67,81)(H,68,84)(H2,56,66,69)/t20-,21+,22+,23-,24-,28+,29-,33-,34-,35-,36+,37+,38-,39-,40-,41-,42-,52+,53-/m0/s1. The lowest BCUT2D eigenvalue weighted by Crippen LogP contribution is -2.65. The first-order valence-electron chi connectivity index (χ1n) is 28.8. The summed E-state index contributed by atoms with van der Waals surface area (Å²) in [4.78, 5) is 118. The Labute approximate surface area is 537 Å². The van der Waals surface area contributed by atoms with E-state index < -0.39 is 177 Å². The molecular weight excluding hydrogens is 1280 g/mol. The van der Waals surface area contributed by atoms with Gasteiger partial charge in [0.05, 0.1) is 72.7 Å². The molecule has 92 heavy (non-hydrogen) atoms. The summed E-state index contributed by atoms with van der Waals surface area (Å²) in [6.45, 7) is 3.32. The normalized spacial score (nSPS) is 24.6. The minimum atomic E-state index is -2.14. The SMILES string of the molecule is CSCCCNC(=O)c1csc(-c2csc(CCNC(=O)[C@@H](NC(=O)[C@@H](C)[C@H](O)[C@@H](C)NC(=O)[C@@H](NC(=O)c3nc([C@H](CC(N)=O)NC[C@H](N)C(N)=O)nc(N)c3C)[C@@H](O[C@@H]3O[C@@H](CO)[C@@H](O)[C@H](O)[C@@H]3O[C@H]3O[C@H](CO)[C@@H](O)[C@H](O)[C@@H]3O)c3cnc[nH]3)[C@@H](C)O)n2)n1. The molecule has 7 amide bonds. The molecule has 0 saturated carbocycles. The summed E-state index contributed by atoms with van der Waals surface area (Å²) in [6.07, 6.45) is -20.1. The maximum Gasteiger partial charge on any atom is 0.271 e. The van der Waals surface area contributed by atoms with Crippen molar-refractivity contribution in [2.45, 2.75) is 157 Å². The van der Waals surface area contributed by atoms with Crippen LogP contribution in [0.4, 0.5) is 5.82 Å². The van der Waals surface area contributed by atoms with Gasteiger partial charge < -0.3 is 125 Å². The molecule has 0 unspecified atom stereocenters. The lowest BCUT2D eigenvalue weighted by Gasteiger charge is -2.46. The van der Waals surface area contributed by atoms with Crippen molar-refractivity contribution >= 4 is 81.6 Å². The Morgan fingerprint density at radius 2 is 1.48 bits per heavy atom. The van der Waals surface area contributed by atoms with E-state index in [4.69, 9.17) is 41.9 Å². The lowest BCUT2D eigenvalue weighted by atomic mass is 9.96. The van der Waals surface area contributed by atoms with Crippen molar-refractivity contribution in [2.24, 2.45) is 23.1 Å². The molecule has 6 heterocycles. The van der Waals surface area contributed by atoms with E-state index in [-0.39, 0.29) is 54.0 Å². The average Bonchev–Trinajstić information content (AvgIpc) is 0.852. The molecule has 0 aromatic carbocycles. The minimum Gasteiger partial charge on any atom is -0.394 e. The number of nitrogens with zero attached hydrogens (tertiary/aromatic N) is 5. The Hall–Kier alpha value is -6.61. The zero-order valence-corrected chi connectivity index (χ0v) is 52.9. The fraction of sp³-hybridized carbons (Fsp3) is 0.623. The first-order chi connectivity index (χ1) is 43.6. The molecular formula is C53H80N16O20S3. The number of rotatable bonds is 34. The van der Waals surface area contributed by atoms with Gasteiger partial charge in [-0.1, -0.05) is 6.92 Å². The molecule has 2 saturated heterocycles. The number of thiazole rings is 2. The van der Waals surface area contributed by atoms with E-state index in [0.29, 0.717) is 22.3 Å². The molecule has 6 rings (SSSR count). The first-order valence-corrected chi connectivity index (χ1v) is 31.9. The van der Waals surface area contributed by atoms with Crippen molar-refractivity contribution in [3.05, 3.63) is 56.8 Å². The second kappa shape index (κ2) is 34.5. The van der Waals surface area contributed by atoms with Gasteiger partial charge in [0.1, 0.15) is 101 Å². The summed E-state index contributed by atoms with van der Waals surface area (Å²) in [5, 5.41) is 118. The van der Waals surface area contributed by atoms with Crippen molar-refractivity contribution in [1.82, 2.24) is 61.8 Å². The number of aromatic nitrogens is 6. The van der Waals surface area contributed by atoms with Crippen LogP contribution in [-0.4, -0.2) is 260 Å². The zero-order valence-electron chi connectivity index (χ0n) is 50.4. The highest BCUT2D eigenvalue weighted by Crippen LogP contribution is 2.34. The van der Waals surface area contributed by atoms with Crippen molar-refractivity contribution in [3.63, 3.8) is 0 Å². The molecule has 0 aliphatic carbocycles. The van der Waals surface area contributed by atoms with Gasteiger partial charge in [0.15, 0.2) is 12.6 Å². The average molecular weight is 1360 g/mol. The molecule has 0 spiro atoms. The Bertz CT molecular complexity index is 3110. The molecule has 36 nitrogen and oxygen atoms in total. The van der Waals surface area contributed by atoms with E-state index in [2.05, 4.69) is 61.8 Å². The third kappa shape index (κ3) is 19.3. The van der Waals surface area contributed by atoms with Crippen LogP contribution in [0.3, 0.4) is 0 Å². The molecule has 2 aliphatic rings. The predicted octanol–water partition coefficient (Wildman–Crippen LogP) is -7.32. The Morgan fingerprint density at radius 3 is 2.11 bits per heavy atom. The van der Waals surface area contributed by atoms with Crippen LogP contribution in [0.5, 0.6) is 0 Å². The number of nitrogens with two attached hydrogens (primary N) is 4. The Balaban J connectivity index is 1.25. The molecule has 39 heteroatoms. The zero-order chi connectivity index (χ0) is 67.8. The van der Waals surface area contributed by atoms with Gasteiger partial charge in [0.25, 0.3) is 11.8 Å². The lowest BCUT2D eigenvalue weighted by molar-refractivity contribution is -0.372. The Morgan fingerprint density at radius 1 is 0.793 bits per heavy atom. The van der Waals surface area contributed by atoms with E-state index in [1.54, 1.807) is 22.5 Å². The quantitative estimate of drug-likeness (QED) is 0.0193. The minimum absolute atomic E-state index is 0.00392. The number of ether oxygens (including phenoxy) is 4. The summed E-state index contributed by atoms with van der Waals surface area (Å²) in [6, 6.07) is -7.74. The molecule has 4 aromatic rings. The maximum absolute atomic E-state index is 15.1. The number of carbonyl (C=O) groups is 7. The third-order valence-corrected chi connectivity index (χ3v) is 17.3. The van der Waals surface area contributed by atoms with E-state index in [0.717, 1.165) is 24.7 Å². The smallest absolute Gasteiger partial charge is 0.271 e. The van der Waals surface area contributed by atoms with Gasteiger partial charge in [0, 0.05) is 48.8 Å². The fourth-order valence-electron chi connectivity index (χ4n) is 9.40. The van der Waals surface area contributed by atoms with Crippen LogP contribution in [0.1, 0.15) is 88.8 Å². The number of hydrogen-bond acceptors (Lipinski definition) is 31. The second-order valence-corrected chi connectivity index (χ2v) is 24.5. The highest BCUT2D eigenvalue weighted by molar-refractivity contribution is 7.98. The summed E-state index contributed by atoms with van der Waals surface area (Å²) >= 11 is 4.20. The first kappa shape index (κ1) is 74.4.